The van der Waals surface area contributed by atoms with E-state index in [1.54, 1.807) is 6.92 Å². The minimum absolute atomic E-state index is 0. The average Bonchev–Trinajstić information content (AvgIpc) is 1.65. The van der Waals surface area contributed by atoms with Crippen molar-refractivity contribution in [1.82, 2.24) is 4.90 Å². The molecule has 0 rings (SSSR count). The van der Waals surface area contributed by atoms with Gasteiger partial charge >= 0.3 is 0 Å². The molecule has 0 spiro atoms. The molecule has 0 aliphatic carbocycles. The molecule has 0 saturated carbocycles. The van der Waals surface area contributed by atoms with Crippen LogP contribution < -0.4 is 0 Å². The fraction of sp³-hybridized carbons (Fsp3) is 0.857. The second kappa shape index (κ2) is 3.94. The number of rotatable bonds is 2. The quantitative estimate of drug-likeness (QED) is 0.616. The molecule has 0 heterocycles. The lowest BCUT2D eigenvalue weighted by molar-refractivity contribution is -0.125. The topological polar surface area (TPSA) is 20.3 Å². The first kappa shape index (κ1) is 12.6. The van der Waals surface area contributed by atoms with Crippen molar-refractivity contribution < 1.29 is 4.79 Å². The Labute approximate surface area is 69.0 Å². The normalized spacial score (nSPS) is 11.0. The van der Waals surface area contributed by atoms with Crippen LogP contribution in [-0.2, 0) is 4.79 Å². The number of carbonyl (C=O) groups excluding carboxylic acids is 1. The molecule has 0 aliphatic rings. The Morgan fingerprint density at radius 2 is 1.60 bits per heavy atom. The van der Waals surface area contributed by atoms with Crippen LogP contribution in [0.5, 0.6) is 0 Å². The standard InChI is InChI=1S/C7H15NO.ClH/c1-6(9)7(2,3)8(4)5;/h1-5H3;1H. The van der Waals surface area contributed by atoms with Gasteiger partial charge in [0.1, 0.15) is 5.78 Å². The maximum absolute atomic E-state index is 10.9. The lowest BCUT2D eigenvalue weighted by atomic mass is 9.99. The van der Waals surface area contributed by atoms with Gasteiger partial charge in [-0.05, 0) is 34.9 Å². The van der Waals surface area contributed by atoms with E-state index in [2.05, 4.69) is 0 Å². The fourth-order valence-corrected chi connectivity index (χ4v) is 0.315. The van der Waals surface area contributed by atoms with Crippen molar-refractivity contribution in [3.05, 3.63) is 0 Å². The summed E-state index contributed by atoms with van der Waals surface area (Å²) in [5.41, 5.74) is -0.306. The van der Waals surface area contributed by atoms with E-state index in [1.165, 1.54) is 0 Å². The van der Waals surface area contributed by atoms with Crippen LogP contribution in [0.2, 0.25) is 0 Å². The van der Waals surface area contributed by atoms with E-state index >= 15 is 0 Å². The van der Waals surface area contributed by atoms with Crippen LogP contribution in [0.15, 0.2) is 0 Å². The van der Waals surface area contributed by atoms with Gasteiger partial charge in [0.05, 0.1) is 5.54 Å². The van der Waals surface area contributed by atoms with Gasteiger partial charge < -0.3 is 0 Å². The van der Waals surface area contributed by atoms with Crippen molar-refractivity contribution in [3.8, 4) is 0 Å². The van der Waals surface area contributed by atoms with Crippen molar-refractivity contribution in [1.29, 1.82) is 0 Å². The fourth-order valence-electron chi connectivity index (χ4n) is 0.315. The third-order valence-corrected chi connectivity index (χ3v) is 1.98. The van der Waals surface area contributed by atoms with Gasteiger partial charge in [-0.3, -0.25) is 9.69 Å². The summed E-state index contributed by atoms with van der Waals surface area (Å²) in [5, 5.41) is 0. The van der Waals surface area contributed by atoms with E-state index in [4.69, 9.17) is 0 Å². The first-order chi connectivity index (χ1) is 3.89. The summed E-state index contributed by atoms with van der Waals surface area (Å²) in [5.74, 6) is 0.201. The van der Waals surface area contributed by atoms with Crippen LogP contribution >= 0.6 is 12.4 Å². The van der Waals surface area contributed by atoms with E-state index in [-0.39, 0.29) is 23.7 Å². The highest BCUT2D eigenvalue weighted by Gasteiger charge is 2.25. The van der Waals surface area contributed by atoms with Crippen molar-refractivity contribution in [2.75, 3.05) is 14.1 Å². The highest BCUT2D eigenvalue weighted by atomic mass is 35.5. The average molecular weight is 166 g/mol. The van der Waals surface area contributed by atoms with E-state index in [9.17, 15) is 4.79 Å². The van der Waals surface area contributed by atoms with Crippen LogP contribution in [0, 0.1) is 0 Å². The summed E-state index contributed by atoms with van der Waals surface area (Å²) < 4.78 is 0. The molecule has 0 aliphatic heterocycles. The highest BCUT2D eigenvalue weighted by molar-refractivity contribution is 5.85. The molecule has 62 valence electrons. The molecule has 0 aromatic carbocycles. The van der Waals surface area contributed by atoms with Crippen LogP contribution in [0.1, 0.15) is 20.8 Å². The summed E-state index contributed by atoms with van der Waals surface area (Å²) in [6.45, 7) is 5.44. The zero-order valence-corrected chi connectivity index (χ0v) is 8.08. The van der Waals surface area contributed by atoms with E-state index in [0.29, 0.717) is 0 Å². The monoisotopic (exact) mass is 165 g/mol. The Kier molecular flexibility index (Phi) is 4.96. The van der Waals surface area contributed by atoms with Gasteiger partial charge in [0.25, 0.3) is 0 Å². The number of hydrogen-bond acceptors (Lipinski definition) is 2. The van der Waals surface area contributed by atoms with Gasteiger partial charge in [-0.25, -0.2) is 0 Å². The molecular weight excluding hydrogens is 150 g/mol. The minimum atomic E-state index is -0.306. The number of nitrogens with zero attached hydrogens (tertiary/aromatic N) is 1. The number of Topliss-reactive ketones (excluding diaryl/α,β-unsaturated/α-hetero) is 1. The van der Waals surface area contributed by atoms with Crippen LogP contribution in [-0.4, -0.2) is 30.3 Å². The smallest absolute Gasteiger partial charge is 0.149 e. The number of halogens is 1. The van der Waals surface area contributed by atoms with Gasteiger partial charge in [0.2, 0.25) is 0 Å². The van der Waals surface area contributed by atoms with Crippen LogP contribution in [0.25, 0.3) is 0 Å². The van der Waals surface area contributed by atoms with Gasteiger partial charge in [-0.1, -0.05) is 0 Å². The zero-order chi connectivity index (χ0) is 7.65. The van der Waals surface area contributed by atoms with Gasteiger partial charge in [0.15, 0.2) is 0 Å². The molecule has 2 nitrogen and oxygen atoms in total. The second-order valence-electron chi connectivity index (χ2n) is 3.01. The van der Waals surface area contributed by atoms with Crippen molar-refractivity contribution in [2.24, 2.45) is 0 Å². The van der Waals surface area contributed by atoms with Crippen molar-refractivity contribution >= 4 is 18.2 Å². The minimum Gasteiger partial charge on any atom is -0.298 e. The van der Waals surface area contributed by atoms with Crippen LogP contribution in [0.4, 0.5) is 0 Å². The number of likely N-dealkylation sites (N-methyl/N-ethyl adjacent to an activating group) is 1. The summed E-state index contributed by atoms with van der Waals surface area (Å²) in [6.07, 6.45) is 0. The third-order valence-electron chi connectivity index (χ3n) is 1.98. The Morgan fingerprint density at radius 3 is 1.60 bits per heavy atom. The lowest BCUT2D eigenvalue weighted by Gasteiger charge is -2.29. The zero-order valence-electron chi connectivity index (χ0n) is 7.26. The van der Waals surface area contributed by atoms with Gasteiger partial charge in [-0.2, -0.15) is 0 Å². The summed E-state index contributed by atoms with van der Waals surface area (Å²) in [7, 11) is 3.81. The first-order valence-electron chi connectivity index (χ1n) is 3.07. The SMILES string of the molecule is CC(=O)C(C)(C)N(C)C.Cl. The summed E-state index contributed by atoms with van der Waals surface area (Å²) in [6, 6.07) is 0. The van der Waals surface area contributed by atoms with Gasteiger partial charge in [0, 0.05) is 0 Å². The van der Waals surface area contributed by atoms with Gasteiger partial charge in [-0.15, -0.1) is 12.4 Å². The molecule has 0 N–H and O–H groups in total. The molecule has 0 radical (unpaired) electrons. The van der Waals surface area contributed by atoms with E-state index in [0.717, 1.165) is 0 Å². The van der Waals surface area contributed by atoms with Crippen LogP contribution in [0.3, 0.4) is 0 Å². The number of carbonyl (C=O) groups is 1. The maximum atomic E-state index is 10.9. The van der Waals surface area contributed by atoms with Crippen molar-refractivity contribution in [3.63, 3.8) is 0 Å². The lowest BCUT2D eigenvalue weighted by Crippen LogP contribution is -2.44. The molecule has 0 saturated heterocycles. The largest absolute Gasteiger partial charge is 0.298 e. The Bertz CT molecular complexity index is 121. The Morgan fingerprint density at radius 1 is 1.30 bits per heavy atom. The molecule has 0 unspecified atom stereocenters. The second-order valence-corrected chi connectivity index (χ2v) is 3.01. The molecular formula is C7H16ClNO. The first-order valence-corrected chi connectivity index (χ1v) is 3.07. The molecule has 0 bridgehead atoms. The molecule has 0 fully saturated rings. The molecule has 0 amide bonds. The van der Waals surface area contributed by atoms with Crippen molar-refractivity contribution in [2.45, 2.75) is 26.3 Å². The van der Waals surface area contributed by atoms with E-state index in [1.807, 2.05) is 32.8 Å². The van der Waals surface area contributed by atoms with E-state index < -0.39 is 0 Å². The molecule has 0 atom stereocenters. The summed E-state index contributed by atoms with van der Waals surface area (Å²) >= 11 is 0. The number of ketones is 1. The summed E-state index contributed by atoms with van der Waals surface area (Å²) in [4.78, 5) is 12.8. The maximum Gasteiger partial charge on any atom is 0.149 e. The predicted molar refractivity (Wildman–Crippen MR) is 45.7 cm³/mol. The molecule has 0 aromatic heterocycles. The molecule has 0 aromatic rings. The Balaban J connectivity index is 0. The molecule has 10 heavy (non-hydrogen) atoms. The number of hydrogen-bond donors (Lipinski definition) is 0. The molecule has 3 heteroatoms. The third kappa shape index (κ3) is 2.67. The predicted octanol–water partition coefficient (Wildman–Crippen LogP) is 1.34. The highest BCUT2D eigenvalue weighted by Crippen LogP contribution is 2.09. The Hall–Kier alpha value is -0.0800.